The summed E-state index contributed by atoms with van der Waals surface area (Å²) in [4.78, 5) is 21.1. The molecule has 2 saturated heterocycles. The highest BCUT2D eigenvalue weighted by atomic mass is 16.2. The Hall–Kier alpha value is -1.50. The maximum Gasteiger partial charge on any atom is 0.318 e. The Balaban J connectivity index is 0.000000336. The largest absolute Gasteiger partial charge is 0.318 e. The van der Waals surface area contributed by atoms with Crippen LogP contribution in [0.5, 0.6) is 0 Å². The van der Waals surface area contributed by atoms with Crippen LogP contribution in [-0.2, 0) is 5.11 Å². The van der Waals surface area contributed by atoms with Crippen molar-refractivity contribution in [2.75, 3.05) is 7.11 Å². The van der Waals surface area contributed by atoms with Gasteiger partial charge in [0.05, 0.1) is 7.11 Å². The lowest BCUT2D eigenvalue weighted by Crippen LogP contribution is -2.39. The minimum Gasteiger partial charge on any atom is -0.314 e. The van der Waals surface area contributed by atoms with Gasteiger partial charge in [-0.05, 0) is 0 Å². The minimum atomic E-state index is -0.292. The van der Waals surface area contributed by atoms with E-state index in [1.807, 2.05) is 0 Å². The summed E-state index contributed by atoms with van der Waals surface area (Å²) >= 11 is 0. The Labute approximate surface area is 68.5 Å². The second kappa shape index (κ2) is 3.26. The van der Waals surface area contributed by atoms with Crippen LogP contribution in [0.1, 0.15) is 0 Å². The van der Waals surface area contributed by atoms with Crippen LogP contribution in [0.3, 0.4) is 0 Å². The first-order valence-electron chi connectivity index (χ1n) is 3.30. The molecule has 4 amide bonds. The first-order chi connectivity index (χ1) is 5.75. The Morgan fingerprint density at radius 3 is 1.33 bits per heavy atom. The summed E-state index contributed by atoms with van der Waals surface area (Å²) < 4.78 is 0. The molecule has 2 aliphatic rings. The van der Waals surface area contributed by atoms with Crippen molar-refractivity contribution in [3.63, 3.8) is 0 Å². The van der Waals surface area contributed by atoms with Crippen LogP contribution in [0.4, 0.5) is 9.59 Å². The van der Waals surface area contributed by atoms with E-state index in [0.717, 1.165) is 7.11 Å². The third kappa shape index (κ3) is 1.40. The van der Waals surface area contributed by atoms with Gasteiger partial charge in [-0.25, -0.2) is 14.7 Å². The number of carbonyl (C=O) groups excluding carboxylic acids is 2. The highest BCUT2D eigenvalue weighted by Crippen LogP contribution is 2.00. The zero-order valence-electron chi connectivity index (χ0n) is 6.38. The Morgan fingerprint density at radius 1 is 0.833 bits per heavy atom. The third-order valence-corrected chi connectivity index (χ3v) is 1.48. The standard InChI is InChI=1S/C4H6N4O2.CH3O/c9-3-5-1-2(7-3)8-4(10)6-1;1-2/h1-2H,(H2,5,7,9)(H2,6,8,10);1H3. The lowest BCUT2D eigenvalue weighted by atomic mass is 10.4. The normalized spacial score (nSPS) is 30.2. The summed E-state index contributed by atoms with van der Waals surface area (Å²) in [5, 5.41) is 18.3. The first kappa shape index (κ1) is 8.60. The van der Waals surface area contributed by atoms with Crippen LogP contribution in [0.2, 0.25) is 0 Å². The molecule has 4 N–H and O–H groups in total. The summed E-state index contributed by atoms with van der Waals surface area (Å²) in [5.41, 5.74) is 0. The molecule has 12 heavy (non-hydrogen) atoms. The molecule has 0 aliphatic carbocycles. The topological polar surface area (TPSA) is 102 Å². The molecule has 0 unspecified atom stereocenters. The average Bonchev–Trinajstić information content (AvgIpc) is 2.48. The molecule has 7 nitrogen and oxygen atoms in total. The van der Waals surface area contributed by atoms with Crippen LogP contribution < -0.4 is 21.3 Å². The van der Waals surface area contributed by atoms with Crippen molar-refractivity contribution in [3.8, 4) is 0 Å². The van der Waals surface area contributed by atoms with Gasteiger partial charge in [0.25, 0.3) is 0 Å². The third-order valence-electron chi connectivity index (χ3n) is 1.48. The number of carbonyl (C=O) groups is 2. The van der Waals surface area contributed by atoms with Gasteiger partial charge in [-0.1, -0.05) is 0 Å². The Morgan fingerprint density at radius 2 is 1.08 bits per heavy atom. The van der Waals surface area contributed by atoms with Gasteiger partial charge in [0.2, 0.25) is 0 Å². The molecule has 2 heterocycles. The van der Waals surface area contributed by atoms with Crippen LogP contribution in [0, 0.1) is 0 Å². The number of amides is 4. The van der Waals surface area contributed by atoms with Gasteiger partial charge in [-0.15, -0.1) is 0 Å². The van der Waals surface area contributed by atoms with Crippen LogP contribution in [-0.4, -0.2) is 31.5 Å². The molecular weight excluding hydrogens is 164 g/mol. The highest BCUT2D eigenvalue weighted by Gasteiger charge is 2.38. The Kier molecular flexibility index (Phi) is 2.34. The number of fused-ring (bicyclic) bond motifs is 1. The molecule has 0 spiro atoms. The Bertz CT molecular complexity index is 169. The molecule has 0 aromatic rings. The van der Waals surface area contributed by atoms with E-state index in [1.54, 1.807) is 0 Å². The fourth-order valence-electron chi connectivity index (χ4n) is 1.05. The SMILES string of the molecule is C[O].O=C1NC2NC(=O)NC2N1. The molecule has 67 valence electrons. The van der Waals surface area contributed by atoms with Crippen molar-refractivity contribution in [1.29, 1.82) is 0 Å². The van der Waals surface area contributed by atoms with Gasteiger partial charge in [0.15, 0.2) is 0 Å². The number of urea groups is 2. The molecule has 2 aliphatic heterocycles. The molecule has 0 atom stereocenters. The molecule has 1 radical (unpaired) electrons. The fourth-order valence-corrected chi connectivity index (χ4v) is 1.05. The monoisotopic (exact) mass is 173 g/mol. The van der Waals surface area contributed by atoms with Crippen LogP contribution >= 0.6 is 0 Å². The van der Waals surface area contributed by atoms with Crippen molar-refractivity contribution < 1.29 is 14.7 Å². The van der Waals surface area contributed by atoms with E-state index in [2.05, 4.69) is 21.3 Å². The predicted octanol–water partition coefficient (Wildman–Crippen LogP) is -1.69. The lowest BCUT2D eigenvalue weighted by molar-refractivity contribution is 0.239. The number of hydrogen-bond donors (Lipinski definition) is 4. The molecule has 2 rings (SSSR count). The maximum atomic E-state index is 10.5. The number of rotatable bonds is 0. The zero-order valence-corrected chi connectivity index (χ0v) is 6.38. The maximum absolute atomic E-state index is 10.5. The molecule has 0 aromatic carbocycles. The first-order valence-corrected chi connectivity index (χ1v) is 3.30. The molecule has 2 fully saturated rings. The van der Waals surface area contributed by atoms with E-state index in [9.17, 15) is 9.59 Å². The molecular formula is C5H9N4O3. The number of hydrogen-bond acceptors (Lipinski definition) is 2. The van der Waals surface area contributed by atoms with Crippen LogP contribution in [0.25, 0.3) is 0 Å². The molecule has 0 saturated carbocycles. The zero-order chi connectivity index (χ0) is 9.14. The van der Waals surface area contributed by atoms with Crippen molar-refractivity contribution >= 4 is 12.1 Å². The fraction of sp³-hybridized carbons (Fsp3) is 0.600. The average molecular weight is 173 g/mol. The van der Waals surface area contributed by atoms with E-state index in [-0.39, 0.29) is 24.4 Å². The second-order valence-electron chi connectivity index (χ2n) is 2.19. The predicted molar refractivity (Wildman–Crippen MR) is 37.5 cm³/mol. The van der Waals surface area contributed by atoms with Crippen molar-refractivity contribution in [1.82, 2.24) is 21.3 Å². The quantitative estimate of drug-likeness (QED) is 0.351. The van der Waals surface area contributed by atoms with Gasteiger partial charge in [0.1, 0.15) is 12.3 Å². The van der Waals surface area contributed by atoms with Gasteiger partial charge >= 0.3 is 12.1 Å². The summed E-state index contributed by atoms with van der Waals surface area (Å²) in [6.07, 6.45) is -0.583. The summed E-state index contributed by atoms with van der Waals surface area (Å²) in [6.45, 7) is 0. The summed E-state index contributed by atoms with van der Waals surface area (Å²) in [7, 11) is 0.750. The smallest absolute Gasteiger partial charge is 0.314 e. The van der Waals surface area contributed by atoms with E-state index >= 15 is 0 Å². The van der Waals surface area contributed by atoms with Gasteiger partial charge in [-0.3, -0.25) is 0 Å². The highest BCUT2D eigenvalue weighted by molar-refractivity contribution is 5.84. The van der Waals surface area contributed by atoms with Gasteiger partial charge < -0.3 is 21.3 Å². The lowest BCUT2D eigenvalue weighted by Gasteiger charge is -2.02. The van der Waals surface area contributed by atoms with Crippen molar-refractivity contribution in [3.05, 3.63) is 0 Å². The van der Waals surface area contributed by atoms with Gasteiger partial charge in [-0.2, -0.15) is 0 Å². The van der Waals surface area contributed by atoms with Crippen molar-refractivity contribution in [2.45, 2.75) is 12.3 Å². The van der Waals surface area contributed by atoms with E-state index in [1.165, 1.54) is 0 Å². The van der Waals surface area contributed by atoms with E-state index in [4.69, 9.17) is 5.11 Å². The minimum absolute atomic E-state index is 0.262. The van der Waals surface area contributed by atoms with Gasteiger partial charge in [0, 0.05) is 0 Å². The second-order valence-corrected chi connectivity index (χ2v) is 2.19. The summed E-state index contributed by atoms with van der Waals surface area (Å²) in [5.74, 6) is 0. The van der Waals surface area contributed by atoms with E-state index in [0.29, 0.717) is 0 Å². The number of nitrogens with one attached hydrogen (secondary N) is 4. The molecule has 0 aromatic heterocycles. The molecule has 7 heteroatoms. The van der Waals surface area contributed by atoms with Crippen LogP contribution in [0.15, 0.2) is 0 Å². The summed E-state index contributed by atoms with van der Waals surface area (Å²) in [6, 6.07) is -0.523. The van der Waals surface area contributed by atoms with Crippen molar-refractivity contribution in [2.24, 2.45) is 0 Å². The molecule has 0 bridgehead atoms. The van der Waals surface area contributed by atoms with E-state index < -0.39 is 0 Å².